The summed E-state index contributed by atoms with van der Waals surface area (Å²) in [5.41, 5.74) is 0.988. The lowest BCUT2D eigenvalue weighted by Gasteiger charge is -2.39. The number of halogens is 1. The number of carbonyl (C=O) groups is 1. The van der Waals surface area contributed by atoms with Crippen molar-refractivity contribution in [3.63, 3.8) is 0 Å². The number of carbonyl (C=O) groups excluding carboxylic acids is 1. The molecule has 1 aliphatic heterocycles. The van der Waals surface area contributed by atoms with Crippen molar-refractivity contribution >= 4 is 11.7 Å². The lowest BCUT2D eigenvalue weighted by atomic mass is 9.80. The van der Waals surface area contributed by atoms with Crippen LogP contribution in [0.1, 0.15) is 41.6 Å². The molecule has 0 bridgehead atoms. The van der Waals surface area contributed by atoms with Gasteiger partial charge >= 0.3 is 0 Å². The summed E-state index contributed by atoms with van der Waals surface area (Å²) >= 11 is 0. The van der Waals surface area contributed by atoms with Crippen LogP contribution in [0.15, 0.2) is 48.7 Å². The Morgan fingerprint density at radius 3 is 2.73 bits per heavy atom. The van der Waals surface area contributed by atoms with E-state index in [0.717, 1.165) is 30.2 Å². The molecule has 1 aliphatic rings. The Kier molecular flexibility index (Phi) is 6.26. The molecule has 0 N–H and O–H groups in total. The molecule has 1 atom stereocenters. The van der Waals surface area contributed by atoms with Crippen LogP contribution >= 0.6 is 0 Å². The van der Waals surface area contributed by atoms with E-state index in [9.17, 15) is 9.18 Å². The third-order valence-electron chi connectivity index (χ3n) is 5.86. The van der Waals surface area contributed by atoms with E-state index in [4.69, 9.17) is 14.7 Å². The maximum absolute atomic E-state index is 13.9. The maximum Gasteiger partial charge on any atom is 0.254 e. The number of ether oxygens (including phenoxy) is 1. The number of rotatable bonds is 5. The summed E-state index contributed by atoms with van der Waals surface area (Å²) < 4.78 is 19.5. The zero-order valence-electron chi connectivity index (χ0n) is 19.4. The first-order valence-electron chi connectivity index (χ1n) is 11.0. The second kappa shape index (κ2) is 9.13. The Morgan fingerprint density at radius 2 is 1.97 bits per heavy atom. The van der Waals surface area contributed by atoms with Crippen molar-refractivity contribution in [3.05, 3.63) is 71.6 Å². The van der Waals surface area contributed by atoms with E-state index < -0.39 is 5.82 Å². The smallest absolute Gasteiger partial charge is 0.254 e. The van der Waals surface area contributed by atoms with E-state index in [2.05, 4.69) is 11.9 Å². The van der Waals surface area contributed by atoms with Crippen LogP contribution in [0.2, 0.25) is 0 Å². The first-order chi connectivity index (χ1) is 15.7. The Balaban J connectivity index is 1.55. The summed E-state index contributed by atoms with van der Waals surface area (Å²) in [6.45, 7) is 5.22. The topological polar surface area (TPSA) is 71.5 Å². The number of amides is 1. The predicted molar refractivity (Wildman–Crippen MR) is 124 cm³/mol. The van der Waals surface area contributed by atoms with Crippen molar-refractivity contribution in [2.45, 2.75) is 32.1 Å². The minimum absolute atomic E-state index is 0.0634. The average molecular weight is 450 g/mol. The first-order valence-corrected chi connectivity index (χ1v) is 11.0. The molecule has 8 heteroatoms. The molecular weight excluding hydrogens is 421 g/mol. The molecule has 7 nitrogen and oxygen atoms in total. The molecule has 3 heterocycles. The van der Waals surface area contributed by atoms with E-state index in [1.807, 2.05) is 36.9 Å². The minimum atomic E-state index is -0.488. The van der Waals surface area contributed by atoms with Gasteiger partial charge in [-0.1, -0.05) is 19.1 Å². The van der Waals surface area contributed by atoms with Gasteiger partial charge in [0.05, 0.1) is 0 Å². The van der Waals surface area contributed by atoms with E-state index in [1.54, 1.807) is 24.3 Å². The van der Waals surface area contributed by atoms with Crippen molar-refractivity contribution in [1.82, 2.24) is 19.9 Å². The van der Waals surface area contributed by atoms with Crippen LogP contribution in [0.5, 0.6) is 11.6 Å². The molecule has 2 aromatic heterocycles. The number of aromatic nitrogens is 3. The fourth-order valence-electron chi connectivity index (χ4n) is 4.07. The third kappa shape index (κ3) is 4.94. The van der Waals surface area contributed by atoms with Gasteiger partial charge in [0.25, 0.3) is 5.91 Å². The monoisotopic (exact) mass is 449 g/mol. The molecule has 172 valence electrons. The molecule has 0 radical (unpaired) electrons. The molecule has 33 heavy (non-hydrogen) atoms. The van der Waals surface area contributed by atoms with Crippen molar-refractivity contribution in [3.8, 4) is 11.6 Å². The number of aryl methyl sites for hydroxylation is 1. The van der Waals surface area contributed by atoms with E-state index in [-0.39, 0.29) is 23.0 Å². The van der Waals surface area contributed by atoms with Gasteiger partial charge in [0, 0.05) is 62.2 Å². The molecule has 3 aromatic rings. The minimum Gasteiger partial charge on any atom is -0.436 e. The first kappa shape index (κ1) is 22.6. The van der Waals surface area contributed by atoms with E-state index in [1.165, 1.54) is 18.3 Å². The van der Waals surface area contributed by atoms with Gasteiger partial charge in [-0.2, -0.15) is 0 Å². The zero-order valence-corrected chi connectivity index (χ0v) is 19.4. The van der Waals surface area contributed by atoms with Crippen LogP contribution in [0.25, 0.3) is 0 Å². The highest BCUT2D eigenvalue weighted by molar-refractivity contribution is 5.94. The largest absolute Gasteiger partial charge is 0.436 e. The molecule has 4 rings (SSSR count). The Bertz CT molecular complexity index is 1170. The SMILES string of the molecule is Cc1cc(N(C)C)nc([C@@]2(C)CCCN(C(=O)c3ccnc(Oc4ccccc4F)c3)C2)n1. The average Bonchev–Trinajstić information content (AvgIpc) is 2.80. The van der Waals surface area contributed by atoms with Gasteiger partial charge in [0.15, 0.2) is 11.6 Å². The van der Waals surface area contributed by atoms with Crippen molar-refractivity contribution < 1.29 is 13.9 Å². The standard InChI is InChI=1S/C25H28FN5O2/c1-17-14-21(30(3)4)29-24(28-17)25(2)11-7-13-31(16-25)23(32)18-10-12-27-22(15-18)33-20-9-6-5-8-19(20)26/h5-6,8-10,12,14-15H,7,11,13,16H2,1-4H3/t25-/m0/s1. The van der Waals surface area contributed by atoms with Gasteiger partial charge in [-0.15, -0.1) is 0 Å². The number of piperidine rings is 1. The summed E-state index contributed by atoms with van der Waals surface area (Å²) in [5, 5.41) is 0. The quantitative estimate of drug-likeness (QED) is 0.576. The summed E-state index contributed by atoms with van der Waals surface area (Å²) in [6, 6.07) is 11.2. The summed E-state index contributed by atoms with van der Waals surface area (Å²) in [5.74, 6) is 1.23. The molecule has 0 spiro atoms. The Morgan fingerprint density at radius 1 is 1.18 bits per heavy atom. The van der Waals surface area contributed by atoms with Crippen LogP contribution in [0.4, 0.5) is 10.2 Å². The van der Waals surface area contributed by atoms with Crippen LogP contribution < -0.4 is 9.64 Å². The van der Waals surface area contributed by atoms with Crippen LogP contribution in [0, 0.1) is 12.7 Å². The molecular formula is C25H28FN5O2. The highest BCUT2D eigenvalue weighted by Gasteiger charge is 2.37. The number of nitrogens with zero attached hydrogens (tertiary/aromatic N) is 5. The van der Waals surface area contributed by atoms with Crippen LogP contribution in [-0.4, -0.2) is 52.9 Å². The zero-order chi connectivity index (χ0) is 23.6. The summed E-state index contributed by atoms with van der Waals surface area (Å²) in [7, 11) is 3.91. The van der Waals surface area contributed by atoms with Crippen molar-refractivity contribution in [2.75, 3.05) is 32.1 Å². The van der Waals surface area contributed by atoms with Gasteiger partial charge in [-0.25, -0.2) is 19.3 Å². The lowest BCUT2D eigenvalue weighted by Crippen LogP contribution is -2.48. The Hall–Kier alpha value is -3.55. The predicted octanol–water partition coefficient (Wildman–Crippen LogP) is 4.37. The van der Waals surface area contributed by atoms with Crippen molar-refractivity contribution in [2.24, 2.45) is 0 Å². The van der Waals surface area contributed by atoms with E-state index >= 15 is 0 Å². The highest BCUT2D eigenvalue weighted by atomic mass is 19.1. The van der Waals surface area contributed by atoms with E-state index in [0.29, 0.717) is 18.7 Å². The summed E-state index contributed by atoms with van der Waals surface area (Å²) in [4.78, 5) is 30.8. The number of hydrogen-bond acceptors (Lipinski definition) is 6. The summed E-state index contributed by atoms with van der Waals surface area (Å²) in [6.07, 6.45) is 3.24. The molecule has 1 fully saturated rings. The second-order valence-electron chi connectivity index (χ2n) is 8.89. The molecule has 1 amide bonds. The third-order valence-corrected chi connectivity index (χ3v) is 5.86. The van der Waals surface area contributed by atoms with Crippen molar-refractivity contribution in [1.29, 1.82) is 0 Å². The molecule has 1 saturated heterocycles. The molecule has 0 aliphatic carbocycles. The number of anilines is 1. The van der Waals surface area contributed by atoms with Crippen LogP contribution in [0.3, 0.4) is 0 Å². The number of benzene rings is 1. The number of para-hydroxylation sites is 1. The highest BCUT2D eigenvalue weighted by Crippen LogP contribution is 2.33. The van der Waals surface area contributed by atoms with Gasteiger partial charge in [0.2, 0.25) is 5.88 Å². The van der Waals surface area contributed by atoms with Crippen LogP contribution in [-0.2, 0) is 5.41 Å². The fourth-order valence-corrected chi connectivity index (χ4v) is 4.07. The second-order valence-corrected chi connectivity index (χ2v) is 8.89. The van der Waals surface area contributed by atoms with Gasteiger partial charge in [-0.3, -0.25) is 4.79 Å². The van der Waals surface area contributed by atoms with Gasteiger partial charge in [-0.05, 0) is 38.0 Å². The molecule has 0 saturated carbocycles. The van der Waals surface area contributed by atoms with Gasteiger partial charge < -0.3 is 14.5 Å². The Labute approximate surface area is 193 Å². The molecule has 0 unspecified atom stereocenters. The molecule has 1 aromatic carbocycles. The maximum atomic E-state index is 13.9. The number of pyridine rings is 1. The van der Waals surface area contributed by atoms with Gasteiger partial charge in [0.1, 0.15) is 11.6 Å². The fraction of sp³-hybridized carbons (Fsp3) is 0.360. The lowest BCUT2D eigenvalue weighted by molar-refractivity contribution is 0.0643. The number of likely N-dealkylation sites (tertiary alicyclic amines) is 1. The number of hydrogen-bond donors (Lipinski definition) is 0. The normalized spacial score (nSPS) is 18.2.